The molecule has 0 bridgehead atoms. The molecule has 8 heteroatoms. The third-order valence-corrected chi connectivity index (χ3v) is 9.48. The Balaban J connectivity index is 1.38. The zero-order chi connectivity index (χ0) is 23.5. The van der Waals surface area contributed by atoms with E-state index in [0.717, 1.165) is 54.1 Å². The normalized spacial score (nSPS) is 17.5. The molecule has 1 aliphatic heterocycles. The van der Waals surface area contributed by atoms with Crippen molar-refractivity contribution in [1.29, 1.82) is 0 Å². The summed E-state index contributed by atoms with van der Waals surface area (Å²) in [6.07, 6.45) is 9.46. The minimum atomic E-state index is -3.46. The molecule has 3 heterocycles. The maximum atomic E-state index is 12.9. The van der Waals surface area contributed by atoms with Gasteiger partial charge in [-0.15, -0.1) is 11.3 Å². The second kappa shape index (κ2) is 10.1. The van der Waals surface area contributed by atoms with E-state index in [1.165, 1.54) is 34.1 Å². The first-order chi connectivity index (χ1) is 16.5. The van der Waals surface area contributed by atoms with Crippen molar-refractivity contribution >= 4 is 43.5 Å². The van der Waals surface area contributed by atoms with E-state index < -0.39 is 10.0 Å². The number of anilines is 1. The zero-order valence-electron chi connectivity index (χ0n) is 19.7. The summed E-state index contributed by atoms with van der Waals surface area (Å²) in [5.41, 5.74) is 2.32. The third-order valence-electron chi connectivity index (χ3n) is 6.73. The average molecular weight is 497 g/mol. The van der Waals surface area contributed by atoms with Gasteiger partial charge < -0.3 is 4.90 Å². The van der Waals surface area contributed by atoms with E-state index in [1.54, 1.807) is 10.4 Å². The zero-order valence-corrected chi connectivity index (χ0v) is 21.4. The van der Waals surface area contributed by atoms with Crippen LogP contribution in [0.5, 0.6) is 0 Å². The fourth-order valence-electron chi connectivity index (χ4n) is 4.83. The molecular weight excluding hydrogens is 464 g/mol. The van der Waals surface area contributed by atoms with Crippen molar-refractivity contribution in [1.82, 2.24) is 14.3 Å². The topological polar surface area (TPSA) is 66.4 Å². The van der Waals surface area contributed by atoms with Crippen LogP contribution in [-0.4, -0.2) is 48.9 Å². The summed E-state index contributed by atoms with van der Waals surface area (Å²) < 4.78 is 27.5. The molecule has 3 aromatic rings. The van der Waals surface area contributed by atoms with Gasteiger partial charge in [-0.1, -0.05) is 43.7 Å². The third kappa shape index (κ3) is 4.90. The highest BCUT2D eigenvalue weighted by molar-refractivity contribution is 7.92. The quantitative estimate of drug-likeness (QED) is 0.459. The standard InChI is InChI=1S/C26H32N4O2S2/c1-2-3-13-23-27-25(24-21-11-7-8-12-22(21)33-26(24)28-23)29-15-17-30(18-16-29)34(31,32)19-14-20-9-5-4-6-10-20/h4-6,9-10,14,19H,2-3,7-8,11-13,15-18H2,1H3. The molecule has 6 nitrogen and oxygen atoms in total. The largest absolute Gasteiger partial charge is 0.353 e. The number of hydrogen-bond donors (Lipinski definition) is 0. The summed E-state index contributed by atoms with van der Waals surface area (Å²) in [5.74, 6) is 1.94. The maximum absolute atomic E-state index is 12.9. The summed E-state index contributed by atoms with van der Waals surface area (Å²) in [6, 6.07) is 9.55. The number of sulfonamides is 1. The monoisotopic (exact) mass is 496 g/mol. The van der Waals surface area contributed by atoms with Gasteiger partial charge in [-0.05, 0) is 49.3 Å². The number of hydrogen-bond acceptors (Lipinski definition) is 6. The number of rotatable bonds is 7. The second-order valence-corrected chi connectivity index (χ2v) is 12.0. The van der Waals surface area contributed by atoms with Gasteiger partial charge >= 0.3 is 0 Å². The van der Waals surface area contributed by atoms with E-state index in [4.69, 9.17) is 9.97 Å². The lowest BCUT2D eigenvalue weighted by molar-refractivity contribution is 0.389. The number of aryl methyl sites for hydroxylation is 3. The Hall–Kier alpha value is -2.29. The first-order valence-corrected chi connectivity index (χ1v) is 14.7. The van der Waals surface area contributed by atoms with E-state index in [-0.39, 0.29) is 0 Å². The Labute approximate surface area is 206 Å². The van der Waals surface area contributed by atoms with Gasteiger partial charge in [0.15, 0.2) is 0 Å². The fourth-order valence-corrected chi connectivity index (χ4v) is 7.27. The first kappa shape index (κ1) is 23.5. The number of unbranched alkanes of at least 4 members (excludes halogenated alkanes) is 1. The molecule has 180 valence electrons. The van der Waals surface area contributed by atoms with Crippen molar-refractivity contribution in [2.45, 2.75) is 51.9 Å². The highest BCUT2D eigenvalue weighted by atomic mass is 32.2. The highest BCUT2D eigenvalue weighted by Crippen LogP contribution is 2.40. The van der Waals surface area contributed by atoms with Crippen LogP contribution >= 0.6 is 11.3 Å². The van der Waals surface area contributed by atoms with E-state index in [1.807, 2.05) is 41.7 Å². The van der Waals surface area contributed by atoms with Crippen LogP contribution in [0.2, 0.25) is 0 Å². The minimum Gasteiger partial charge on any atom is -0.353 e. The minimum absolute atomic E-state index is 0.462. The summed E-state index contributed by atoms with van der Waals surface area (Å²) in [4.78, 5) is 14.9. The van der Waals surface area contributed by atoms with Gasteiger partial charge in [0.25, 0.3) is 0 Å². The van der Waals surface area contributed by atoms with Gasteiger partial charge in [-0.25, -0.2) is 18.4 Å². The van der Waals surface area contributed by atoms with Crippen LogP contribution in [0.1, 0.15) is 54.4 Å². The number of nitrogens with zero attached hydrogens (tertiary/aromatic N) is 4. The lowest BCUT2D eigenvalue weighted by Gasteiger charge is -2.34. The average Bonchev–Trinajstić information content (AvgIpc) is 3.25. The van der Waals surface area contributed by atoms with Crippen molar-refractivity contribution in [3.8, 4) is 0 Å². The Morgan fingerprint density at radius 3 is 2.56 bits per heavy atom. The molecule has 0 saturated carbocycles. The fraction of sp³-hybridized carbons (Fsp3) is 0.462. The van der Waals surface area contributed by atoms with Gasteiger partial charge in [-0.2, -0.15) is 4.31 Å². The lowest BCUT2D eigenvalue weighted by Crippen LogP contribution is -2.48. The molecule has 1 saturated heterocycles. The number of thiophene rings is 1. The van der Waals surface area contributed by atoms with Crippen molar-refractivity contribution < 1.29 is 8.42 Å². The van der Waals surface area contributed by atoms with Crippen LogP contribution in [0.15, 0.2) is 35.7 Å². The van der Waals surface area contributed by atoms with Crippen molar-refractivity contribution in [3.63, 3.8) is 0 Å². The predicted molar refractivity (Wildman–Crippen MR) is 141 cm³/mol. The van der Waals surface area contributed by atoms with Gasteiger partial charge in [0, 0.05) is 42.9 Å². The molecule has 2 aromatic heterocycles. The van der Waals surface area contributed by atoms with E-state index in [0.29, 0.717) is 26.2 Å². The molecule has 1 aromatic carbocycles. The number of benzene rings is 1. The second-order valence-electron chi connectivity index (χ2n) is 9.10. The molecule has 1 aliphatic carbocycles. The van der Waals surface area contributed by atoms with Crippen molar-refractivity contribution in [3.05, 3.63) is 57.6 Å². The molecule has 0 atom stereocenters. The van der Waals surface area contributed by atoms with E-state index >= 15 is 0 Å². The van der Waals surface area contributed by atoms with Crippen LogP contribution in [0.4, 0.5) is 5.82 Å². The summed E-state index contributed by atoms with van der Waals surface area (Å²) in [6.45, 7) is 4.40. The van der Waals surface area contributed by atoms with E-state index in [9.17, 15) is 8.42 Å². The van der Waals surface area contributed by atoms with Gasteiger partial charge in [0.05, 0.1) is 5.39 Å². The molecule has 0 radical (unpaired) electrons. The van der Waals surface area contributed by atoms with Crippen LogP contribution in [0.3, 0.4) is 0 Å². The van der Waals surface area contributed by atoms with Crippen molar-refractivity contribution in [2.24, 2.45) is 0 Å². The summed E-state index contributed by atoms with van der Waals surface area (Å²) in [5, 5.41) is 2.55. The maximum Gasteiger partial charge on any atom is 0.236 e. The van der Waals surface area contributed by atoms with Gasteiger partial charge in [0.2, 0.25) is 10.0 Å². The molecule has 0 N–H and O–H groups in total. The molecule has 0 unspecified atom stereocenters. The SMILES string of the molecule is CCCCc1nc(N2CCN(S(=O)(=O)C=Cc3ccccc3)CC2)c2c3c(sc2n1)CCCC3. The smallest absolute Gasteiger partial charge is 0.236 e. The van der Waals surface area contributed by atoms with Gasteiger partial charge in [0.1, 0.15) is 16.5 Å². The van der Waals surface area contributed by atoms with Crippen LogP contribution in [0, 0.1) is 0 Å². The molecule has 0 amide bonds. The molecular formula is C26H32N4O2S2. The molecule has 34 heavy (non-hydrogen) atoms. The highest BCUT2D eigenvalue weighted by Gasteiger charge is 2.29. The predicted octanol–water partition coefficient (Wildman–Crippen LogP) is 5.04. The number of fused-ring (bicyclic) bond motifs is 3. The van der Waals surface area contributed by atoms with Crippen LogP contribution in [-0.2, 0) is 29.3 Å². The van der Waals surface area contributed by atoms with E-state index in [2.05, 4.69) is 11.8 Å². The Morgan fingerprint density at radius 1 is 1.03 bits per heavy atom. The number of piperazine rings is 1. The Bertz CT molecular complexity index is 1280. The molecule has 2 aliphatic rings. The van der Waals surface area contributed by atoms with Crippen molar-refractivity contribution in [2.75, 3.05) is 31.1 Å². The Kier molecular flexibility index (Phi) is 6.99. The molecule has 1 fully saturated rings. The van der Waals surface area contributed by atoms with Crippen LogP contribution in [0.25, 0.3) is 16.3 Å². The van der Waals surface area contributed by atoms with Crippen LogP contribution < -0.4 is 4.90 Å². The first-order valence-electron chi connectivity index (χ1n) is 12.3. The lowest BCUT2D eigenvalue weighted by atomic mass is 9.97. The Morgan fingerprint density at radius 2 is 1.79 bits per heavy atom. The number of aromatic nitrogens is 2. The summed E-state index contributed by atoms with van der Waals surface area (Å²) in [7, 11) is -3.46. The summed E-state index contributed by atoms with van der Waals surface area (Å²) >= 11 is 1.84. The molecule has 0 spiro atoms. The molecule has 5 rings (SSSR count). The van der Waals surface area contributed by atoms with Gasteiger partial charge in [-0.3, -0.25) is 0 Å².